The largest absolute Gasteiger partial charge is 0.383 e. The molecule has 0 saturated carbocycles. The topological polar surface area (TPSA) is 90.1 Å². The zero-order valence-corrected chi connectivity index (χ0v) is 19.6. The molecule has 0 bridgehead atoms. The molecule has 1 amide bonds. The van der Waals surface area contributed by atoms with Crippen LogP contribution in [0.2, 0.25) is 0 Å². The monoisotopic (exact) mass is 464 g/mol. The van der Waals surface area contributed by atoms with Crippen LogP contribution in [0.4, 0.5) is 11.5 Å². The SMILES string of the molecule is CC(C)[C@@H]1Cc2c(sc3nc(SCC(=O)Nc4cccc5ccccc45)nc(N)c23)CO1. The van der Waals surface area contributed by atoms with E-state index in [1.165, 1.54) is 22.2 Å². The highest BCUT2D eigenvalue weighted by atomic mass is 32.2. The Kier molecular flexibility index (Phi) is 5.75. The van der Waals surface area contributed by atoms with Gasteiger partial charge in [0, 0.05) is 22.4 Å². The number of hydrogen-bond acceptors (Lipinski definition) is 7. The predicted molar refractivity (Wildman–Crippen MR) is 132 cm³/mol. The summed E-state index contributed by atoms with van der Waals surface area (Å²) in [5, 5.41) is 6.57. The molecule has 6 nitrogen and oxygen atoms in total. The van der Waals surface area contributed by atoms with Crippen molar-refractivity contribution >= 4 is 61.5 Å². The summed E-state index contributed by atoms with van der Waals surface area (Å²) in [6.07, 6.45) is 1.02. The summed E-state index contributed by atoms with van der Waals surface area (Å²) < 4.78 is 5.99. The fraction of sp³-hybridized carbons (Fsp3) is 0.292. The molecule has 2 aromatic carbocycles. The van der Waals surface area contributed by atoms with Crippen LogP contribution in [0.1, 0.15) is 24.3 Å². The molecule has 0 unspecified atom stereocenters. The number of hydrogen-bond donors (Lipinski definition) is 2. The van der Waals surface area contributed by atoms with Crippen LogP contribution in [0.15, 0.2) is 47.6 Å². The normalized spacial score (nSPS) is 15.9. The molecule has 3 heterocycles. The third-order valence-corrected chi connectivity index (χ3v) is 7.66. The molecule has 0 fully saturated rings. The minimum atomic E-state index is -0.104. The number of amides is 1. The van der Waals surface area contributed by atoms with E-state index in [1.807, 2.05) is 42.5 Å². The Morgan fingerprint density at radius 2 is 2.06 bits per heavy atom. The molecule has 0 spiro atoms. The number of thiophene rings is 1. The average Bonchev–Trinajstić information content (AvgIpc) is 3.16. The van der Waals surface area contributed by atoms with Crippen molar-refractivity contribution in [2.75, 3.05) is 16.8 Å². The lowest BCUT2D eigenvalue weighted by Gasteiger charge is -2.26. The first-order chi connectivity index (χ1) is 15.5. The van der Waals surface area contributed by atoms with Gasteiger partial charge in [0.15, 0.2) is 5.16 Å². The molecule has 164 valence electrons. The Hall–Kier alpha value is -2.68. The van der Waals surface area contributed by atoms with Crippen LogP contribution in [0, 0.1) is 5.92 Å². The van der Waals surface area contributed by atoms with Gasteiger partial charge in [0.1, 0.15) is 10.6 Å². The van der Waals surface area contributed by atoms with Crippen LogP contribution in [-0.4, -0.2) is 27.7 Å². The van der Waals surface area contributed by atoms with Crippen LogP contribution in [0.3, 0.4) is 0 Å². The van der Waals surface area contributed by atoms with Crippen LogP contribution >= 0.6 is 23.1 Å². The van der Waals surface area contributed by atoms with E-state index < -0.39 is 0 Å². The van der Waals surface area contributed by atoms with Gasteiger partial charge in [-0.25, -0.2) is 9.97 Å². The number of fused-ring (bicyclic) bond motifs is 4. The maximum absolute atomic E-state index is 12.6. The highest BCUT2D eigenvalue weighted by Gasteiger charge is 2.27. The second-order valence-electron chi connectivity index (χ2n) is 8.24. The van der Waals surface area contributed by atoms with Gasteiger partial charge in [-0.1, -0.05) is 62.0 Å². The number of carbonyl (C=O) groups is 1. The van der Waals surface area contributed by atoms with E-state index in [1.54, 1.807) is 11.3 Å². The minimum Gasteiger partial charge on any atom is -0.383 e. The fourth-order valence-corrected chi connectivity index (χ4v) is 5.87. The Morgan fingerprint density at radius 3 is 2.91 bits per heavy atom. The lowest BCUT2D eigenvalue weighted by Crippen LogP contribution is -2.26. The van der Waals surface area contributed by atoms with Gasteiger partial charge in [0.25, 0.3) is 0 Å². The lowest BCUT2D eigenvalue weighted by molar-refractivity contribution is -0.113. The Morgan fingerprint density at radius 1 is 1.25 bits per heavy atom. The van der Waals surface area contributed by atoms with Crippen molar-refractivity contribution < 1.29 is 9.53 Å². The van der Waals surface area contributed by atoms with Crippen LogP contribution < -0.4 is 11.1 Å². The molecule has 1 atom stereocenters. The van der Waals surface area contributed by atoms with Crippen molar-refractivity contribution in [1.29, 1.82) is 0 Å². The molecule has 2 aromatic heterocycles. The summed E-state index contributed by atoms with van der Waals surface area (Å²) in [7, 11) is 0. The molecule has 0 radical (unpaired) electrons. The van der Waals surface area contributed by atoms with Gasteiger partial charge in [-0.3, -0.25) is 4.79 Å². The number of aromatic nitrogens is 2. The molecule has 0 aliphatic carbocycles. The van der Waals surface area contributed by atoms with Gasteiger partial charge in [0.2, 0.25) is 5.91 Å². The van der Waals surface area contributed by atoms with Gasteiger partial charge in [0.05, 0.1) is 23.8 Å². The maximum atomic E-state index is 12.6. The number of benzene rings is 2. The molecular formula is C24H24N4O2S2. The van der Waals surface area contributed by atoms with E-state index in [0.29, 0.717) is 23.5 Å². The number of rotatable bonds is 5. The molecule has 5 rings (SSSR count). The molecule has 8 heteroatoms. The highest BCUT2D eigenvalue weighted by Crippen LogP contribution is 2.39. The third kappa shape index (κ3) is 4.05. The number of ether oxygens (including phenoxy) is 1. The second-order valence-corrected chi connectivity index (χ2v) is 10.3. The number of nitrogens with one attached hydrogen (secondary N) is 1. The van der Waals surface area contributed by atoms with E-state index >= 15 is 0 Å². The fourth-order valence-electron chi connectivity index (χ4n) is 4.03. The van der Waals surface area contributed by atoms with Gasteiger partial charge < -0.3 is 15.8 Å². The quantitative estimate of drug-likeness (QED) is 0.309. The minimum absolute atomic E-state index is 0.104. The first-order valence-electron chi connectivity index (χ1n) is 10.6. The van der Waals surface area contributed by atoms with E-state index in [4.69, 9.17) is 15.5 Å². The number of carbonyl (C=O) groups excluding carboxylic acids is 1. The average molecular weight is 465 g/mol. The van der Waals surface area contributed by atoms with Crippen molar-refractivity contribution in [2.24, 2.45) is 5.92 Å². The highest BCUT2D eigenvalue weighted by molar-refractivity contribution is 7.99. The number of anilines is 2. The van der Waals surface area contributed by atoms with Crippen LogP contribution in [0.5, 0.6) is 0 Å². The summed E-state index contributed by atoms with van der Waals surface area (Å²) in [6, 6.07) is 13.9. The lowest BCUT2D eigenvalue weighted by atomic mass is 9.96. The predicted octanol–water partition coefficient (Wildman–Crippen LogP) is 5.25. The number of nitrogens with zero attached hydrogens (tertiary/aromatic N) is 2. The third-order valence-electron chi connectivity index (χ3n) is 5.71. The maximum Gasteiger partial charge on any atom is 0.234 e. The van der Waals surface area contributed by atoms with E-state index in [0.717, 1.165) is 33.1 Å². The Labute approximate surface area is 194 Å². The molecule has 0 saturated heterocycles. The smallest absolute Gasteiger partial charge is 0.234 e. The standard InChI is InChI=1S/C24H24N4O2S2/c1-13(2)18-10-16-19(11-30-18)32-23-21(16)22(25)27-24(28-23)31-12-20(29)26-17-9-5-7-14-6-3-4-8-15(14)17/h3-9,13,18H,10-12H2,1-2H3,(H,26,29)(H2,25,27,28)/t18-/m0/s1. The molecule has 32 heavy (non-hydrogen) atoms. The molecule has 3 N–H and O–H groups in total. The van der Waals surface area contributed by atoms with Crippen molar-refractivity contribution in [3.63, 3.8) is 0 Å². The first-order valence-corrected chi connectivity index (χ1v) is 12.4. The van der Waals surface area contributed by atoms with E-state index in [2.05, 4.69) is 24.1 Å². The van der Waals surface area contributed by atoms with E-state index in [-0.39, 0.29) is 17.8 Å². The molecular weight excluding hydrogens is 440 g/mol. The summed E-state index contributed by atoms with van der Waals surface area (Å²) >= 11 is 2.90. The van der Waals surface area contributed by atoms with Crippen molar-refractivity contribution in [1.82, 2.24) is 9.97 Å². The molecule has 1 aliphatic rings. The van der Waals surface area contributed by atoms with Gasteiger partial charge in [-0.05, 0) is 22.9 Å². The van der Waals surface area contributed by atoms with E-state index in [9.17, 15) is 4.79 Å². The Bertz CT molecular complexity index is 1310. The second kappa shape index (κ2) is 8.69. The van der Waals surface area contributed by atoms with Crippen molar-refractivity contribution in [3.8, 4) is 0 Å². The zero-order valence-electron chi connectivity index (χ0n) is 17.9. The van der Waals surface area contributed by atoms with Crippen LogP contribution in [-0.2, 0) is 22.6 Å². The van der Waals surface area contributed by atoms with Gasteiger partial charge in [-0.15, -0.1) is 11.3 Å². The summed E-state index contributed by atoms with van der Waals surface area (Å²) in [6.45, 7) is 4.93. The summed E-state index contributed by atoms with van der Waals surface area (Å²) in [4.78, 5) is 23.8. The molecule has 1 aliphatic heterocycles. The van der Waals surface area contributed by atoms with Gasteiger partial charge in [-0.2, -0.15) is 0 Å². The number of thioether (sulfide) groups is 1. The van der Waals surface area contributed by atoms with Crippen LogP contribution in [0.25, 0.3) is 21.0 Å². The van der Waals surface area contributed by atoms with Crippen molar-refractivity contribution in [2.45, 2.75) is 38.1 Å². The molecule has 4 aromatic rings. The first kappa shape index (κ1) is 21.2. The number of nitrogen functional groups attached to an aromatic ring is 1. The summed E-state index contributed by atoms with van der Waals surface area (Å²) in [5.74, 6) is 1.02. The Balaban J connectivity index is 1.32. The summed E-state index contributed by atoms with van der Waals surface area (Å²) in [5.41, 5.74) is 8.36. The zero-order chi connectivity index (χ0) is 22.2. The number of nitrogens with two attached hydrogens (primary N) is 1. The van der Waals surface area contributed by atoms with Gasteiger partial charge >= 0.3 is 0 Å². The van der Waals surface area contributed by atoms with Crippen molar-refractivity contribution in [3.05, 3.63) is 52.9 Å².